The minimum Gasteiger partial charge on any atom is -0.395 e. The molecule has 10 heteroatoms. The zero-order chi connectivity index (χ0) is 23.7. The topological polar surface area (TPSA) is 124 Å². The quantitative estimate of drug-likeness (QED) is 0.507. The van der Waals surface area contributed by atoms with Crippen LogP contribution >= 0.6 is 0 Å². The van der Waals surface area contributed by atoms with E-state index in [2.05, 4.69) is 31.7 Å². The number of nitriles is 1. The maximum absolute atomic E-state index is 9.97. The fraction of sp³-hybridized carbons (Fsp3) is 0.417. The van der Waals surface area contributed by atoms with Crippen LogP contribution in [-0.4, -0.2) is 69.2 Å². The summed E-state index contributed by atoms with van der Waals surface area (Å²) in [5.74, 6) is 0.454. The van der Waals surface area contributed by atoms with Gasteiger partial charge in [-0.3, -0.25) is 9.58 Å². The summed E-state index contributed by atoms with van der Waals surface area (Å²) >= 11 is 0. The first-order valence-corrected chi connectivity index (χ1v) is 11.4. The summed E-state index contributed by atoms with van der Waals surface area (Å²) in [5, 5.41) is 30.9. The molecule has 0 spiro atoms. The lowest BCUT2D eigenvalue weighted by Crippen LogP contribution is -2.35. The van der Waals surface area contributed by atoms with Crippen molar-refractivity contribution in [3.8, 4) is 17.3 Å². The van der Waals surface area contributed by atoms with Crippen molar-refractivity contribution in [3.63, 3.8) is 0 Å². The van der Waals surface area contributed by atoms with Crippen LogP contribution in [0, 0.1) is 11.3 Å². The maximum Gasteiger partial charge on any atom is 0.227 e. The van der Waals surface area contributed by atoms with E-state index in [1.165, 1.54) is 0 Å². The average Bonchev–Trinajstić information content (AvgIpc) is 3.38. The molecule has 2 aromatic heterocycles. The Hall–Kier alpha value is -3.52. The Morgan fingerprint density at radius 2 is 2.15 bits per heavy atom. The summed E-state index contributed by atoms with van der Waals surface area (Å²) in [5.41, 5.74) is 5.09. The molecule has 1 aromatic carbocycles. The van der Waals surface area contributed by atoms with Crippen LogP contribution < -0.4 is 10.6 Å². The first-order chi connectivity index (χ1) is 16.5. The fourth-order valence-electron chi connectivity index (χ4n) is 4.49. The van der Waals surface area contributed by atoms with Crippen LogP contribution in [0.5, 0.6) is 0 Å². The van der Waals surface area contributed by atoms with Crippen molar-refractivity contribution in [1.82, 2.24) is 24.6 Å². The molecule has 3 N–H and O–H groups in total. The fourth-order valence-corrected chi connectivity index (χ4v) is 4.49. The zero-order valence-electron chi connectivity index (χ0n) is 19.4. The number of aliphatic hydroxyl groups excluding tert-OH is 1. The summed E-state index contributed by atoms with van der Waals surface area (Å²) in [7, 11) is 1.89. The number of fused-ring (bicyclic) bond motifs is 1. The van der Waals surface area contributed by atoms with Crippen molar-refractivity contribution >= 4 is 17.3 Å². The third-order valence-corrected chi connectivity index (χ3v) is 6.49. The first-order valence-electron chi connectivity index (χ1n) is 11.4. The molecule has 3 aromatic rings. The standard InChI is InChI=1S/C24H28N8O2/c1-24(15-33)14-27-22-17(11-25)9-16(10-18(22)24)19-3-4-26-23(28-19)29-20-12-31(2)30-21(20)13-32-5-7-34-8-6-32/h3-4,9-10,12,27,33H,5-8,13-15H2,1-2H3,(H,26,28,29)/t24-/m1/s1. The molecule has 2 aliphatic heterocycles. The van der Waals surface area contributed by atoms with Gasteiger partial charge in [0.05, 0.1) is 48.1 Å². The normalized spacial score (nSPS) is 19.9. The van der Waals surface area contributed by atoms with Crippen LogP contribution in [0.15, 0.2) is 30.6 Å². The van der Waals surface area contributed by atoms with Crippen LogP contribution in [0.25, 0.3) is 11.3 Å². The maximum atomic E-state index is 9.97. The van der Waals surface area contributed by atoms with Crippen molar-refractivity contribution in [3.05, 3.63) is 47.4 Å². The van der Waals surface area contributed by atoms with Crippen LogP contribution in [0.3, 0.4) is 0 Å². The summed E-state index contributed by atoms with van der Waals surface area (Å²) < 4.78 is 7.23. The number of aliphatic hydroxyl groups is 1. The van der Waals surface area contributed by atoms with Crippen molar-refractivity contribution in [2.24, 2.45) is 7.05 Å². The number of nitrogens with one attached hydrogen (secondary N) is 2. The molecule has 0 unspecified atom stereocenters. The van der Waals surface area contributed by atoms with E-state index in [0.717, 1.165) is 61.0 Å². The molecule has 0 aliphatic carbocycles. The van der Waals surface area contributed by atoms with Crippen LogP contribution in [0.4, 0.5) is 17.3 Å². The summed E-state index contributed by atoms with van der Waals surface area (Å²) in [6.45, 7) is 6.50. The van der Waals surface area contributed by atoms with Crippen molar-refractivity contribution < 1.29 is 9.84 Å². The molecule has 0 bridgehead atoms. The Morgan fingerprint density at radius 3 is 2.91 bits per heavy atom. The van der Waals surface area contributed by atoms with Gasteiger partial charge in [-0.15, -0.1) is 0 Å². The van der Waals surface area contributed by atoms with E-state index in [1.807, 2.05) is 38.4 Å². The van der Waals surface area contributed by atoms with Crippen molar-refractivity contribution in [1.29, 1.82) is 5.26 Å². The molecule has 10 nitrogen and oxygen atoms in total. The van der Waals surface area contributed by atoms with E-state index in [9.17, 15) is 10.4 Å². The molecule has 176 valence electrons. The number of hydrogen-bond acceptors (Lipinski definition) is 9. The zero-order valence-corrected chi connectivity index (χ0v) is 19.4. The molecule has 1 fully saturated rings. The lowest BCUT2D eigenvalue weighted by molar-refractivity contribution is 0.0336. The third-order valence-electron chi connectivity index (χ3n) is 6.49. The molecule has 0 radical (unpaired) electrons. The molecule has 1 atom stereocenters. The van der Waals surface area contributed by atoms with E-state index in [-0.39, 0.29) is 6.61 Å². The summed E-state index contributed by atoms with van der Waals surface area (Å²) in [6, 6.07) is 7.93. The number of ether oxygens (including phenoxy) is 1. The lowest BCUT2D eigenvalue weighted by atomic mass is 9.83. The lowest BCUT2D eigenvalue weighted by Gasteiger charge is -2.26. The molecular weight excluding hydrogens is 432 g/mol. The molecule has 1 saturated heterocycles. The molecule has 2 aliphatic rings. The van der Waals surface area contributed by atoms with Gasteiger partial charge in [-0.1, -0.05) is 6.92 Å². The van der Waals surface area contributed by atoms with Gasteiger partial charge in [0.1, 0.15) is 6.07 Å². The van der Waals surface area contributed by atoms with Crippen LogP contribution in [0.2, 0.25) is 0 Å². The summed E-state index contributed by atoms with van der Waals surface area (Å²) in [6.07, 6.45) is 3.62. The molecule has 5 rings (SSSR count). The van der Waals surface area contributed by atoms with Gasteiger partial charge in [0.25, 0.3) is 0 Å². The second kappa shape index (κ2) is 9.02. The SMILES string of the molecule is Cn1cc(Nc2nccc(-c3cc(C#N)c4c(c3)[C@@](C)(CO)CN4)n2)c(CN2CCOCC2)n1. The Morgan fingerprint density at radius 1 is 1.32 bits per heavy atom. The highest BCUT2D eigenvalue weighted by Crippen LogP contribution is 2.41. The first kappa shape index (κ1) is 22.3. The largest absolute Gasteiger partial charge is 0.395 e. The van der Waals surface area contributed by atoms with Crippen molar-refractivity contribution in [2.45, 2.75) is 18.9 Å². The second-order valence-electron chi connectivity index (χ2n) is 9.07. The predicted octanol–water partition coefficient (Wildman–Crippen LogP) is 2.00. The average molecular weight is 461 g/mol. The number of morpholine rings is 1. The van der Waals surface area contributed by atoms with Crippen LogP contribution in [0.1, 0.15) is 23.7 Å². The minimum atomic E-state index is -0.449. The number of anilines is 3. The molecule has 34 heavy (non-hydrogen) atoms. The second-order valence-corrected chi connectivity index (χ2v) is 9.07. The van der Waals surface area contributed by atoms with E-state index in [1.54, 1.807) is 10.9 Å². The van der Waals surface area contributed by atoms with Gasteiger partial charge in [0.15, 0.2) is 0 Å². The van der Waals surface area contributed by atoms with Gasteiger partial charge in [0.2, 0.25) is 5.95 Å². The van der Waals surface area contributed by atoms with Crippen LogP contribution in [-0.2, 0) is 23.7 Å². The highest BCUT2D eigenvalue weighted by molar-refractivity contribution is 5.76. The summed E-state index contributed by atoms with van der Waals surface area (Å²) in [4.78, 5) is 11.4. The number of hydrogen-bond donors (Lipinski definition) is 3. The monoisotopic (exact) mass is 460 g/mol. The van der Waals surface area contributed by atoms with E-state index in [0.29, 0.717) is 23.8 Å². The van der Waals surface area contributed by atoms with E-state index >= 15 is 0 Å². The van der Waals surface area contributed by atoms with Gasteiger partial charge < -0.3 is 20.5 Å². The number of rotatable bonds is 6. The Labute approximate surface area is 198 Å². The molecule has 0 amide bonds. The van der Waals surface area contributed by atoms with Gasteiger partial charge in [-0.05, 0) is 23.8 Å². The van der Waals surface area contributed by atoms with Gasteiger partial charge in [0, 0.05) is 56.6 Å². The Balaban J connectivity index is 1.44. The minimum absolute atomic E-state index is 0.00910. The number of nitrogens with zero attached hydrogens (tertiary/aromatic N) is 6. The number of benzene rings is 1. The van der Waals surface area contributed by atoms with Gasteiger partial charge in [-0.2, -0.15) is 10.4 Å². The van der Waals surface area contributed by atoms with Gasteiger partial charge in [-0.25, -0.2) is 9.97 Å². The molecular formula is C24H28N8O2. The highest BCUT2D eigenvalue weighted by atomic mass is 16.5. The van der Waals surface area contributed by atoms with Crippen molar-refractivity contribution in [2.75, 3.05) is 50.1 Å². The predicted molar refractivity (Wildman–Crippen MR) is 128 cm³/mol. The van der Waals surface area contributed by atoms with Gasteiger partial charge >= 0.3 is 0 Å². The Bertz CT molecular complexity index is 1240. The Kier molecular flexibility index (Phi) is 5.91. The molecule has 0 saturated carbocycles. The third kappa shape index (κ3) is 4.21. The highest BCUT2D eigenvalue weighted by Gasteiger charge is 2.36. The number of aromatic nitrogens is 4. The smallest absolute Gasteiger partial charge is 0.227 e. The van der Waals surface area contributed by atoms with E-state index < -0.39 is 5.41 Å². The molecule has 4 heterocycles. The van der Waals surface area contributed by atoms with E-state index in [4.69, 9.17) is 9.72 Å². The number of aryl methyl sites for hydroxylation is 1.